The molecule has 0 aliphatic carbocycles. The predicted octanol–water partition coefficient (Wildman–Crippen LogP) is 2.37. The molecule has 1 aromatic rings. The first-order valence-corrected chi connectivity index (χ1v) is 9.46. The molecule has 0 spiro atoms. The Balaban J connectivity index is 2.13. The van der Waals surface area contributed by atoms with Gasteiger partial charge in [-0.25, -0.2) is 14.5 Å². The Labute approximate surface area is 182 Å². The average Bonchev–Trinajstić information content (AvgIpc) is 2.87. The van der Waals surface area contributed by atoms with Crippen molar-refractivity contribution < 1.29 is 32.3 Å². The first kappa shape index (κ1) is 24.7. The van der Waals surface area contributed by atoms with Crippen LogP contribution in [-0.4, -0.2) is 54.7 Å². The fourth-order valence-corrected chi connectivity index (χ4v) is 3.05. The van der Waals surface area contributed by atoms with E-state index >= 15 is 0 Å². The van der Waals surface area contributed by atoms with Crippen molar-refractivity contribution in [2.24, 2.45) is 5.73 Å². The summed E-state index contributed by atoms with van der Waals surface area (Å²) in [5.74, 6) is -0.685. The van der Waals surface area contributed by atoms with E-state index in [1.807, 2.05) is 0 Å². The third-order valence-electron chi connectivity index (χ3n) is 4.75. The van der Waals surface area contributed by atoms with Crippen LogP contribution in [0.4, 0.5) is 28.4 Å². The third kappa shape index (κ3) is 5.36. The van der Waals surface area contributed by atoms with Crippen molar-refractivity contribution >= 4 is 23.7 Å². The molecule has 2 rings (SSSR count). The predicted molar refractivity (Wildman–Crippen MR) is 107 cm³/mol. The molecule has 0 unspecified atom stereocenters. The number of anilines is 1. The highest BCUT2D eigenvalue weighted by molar-refractivity contribution is 6.23. The van der Waals surface area contributed by atoms with Crippen molar-refractivity contribution in [3.8, 4) is 6.07 Å². The molecule has 3 N–H and O–H groups in total. The zero-order valence-corrected chi connectivity index (χ0v) is 17.4. The van der Waals surface area contributed by atoms with Crippen LogP contribution in [0.15, 0.2) is 30.4 Å². The molecule has 1 aromatic carbocycles. The van der Waals surface area contributed by atoms with E-state index < -0.39 is 40.9 Å². The summed E-state index contributed by atoms with van der Waals surface area (Å²) in [5.41, 5.74) is 1.45. The highest BCUT2D eigenvalue weighted by Gasteiger charge is 2.51. The molecular weight excluding hydrogens is 431 g/mol. The lowest BCUT2D eigenvalue weighted by Gasteiger charge is -2.26. The Kier molecular flexibility index (Phi) is 7.48. The van der Waals surface area contributed by atoms with Crippen LogP contribution in [0.3, 0.4) is 0 Å². The number of benzene rings is 1. The van der Waals surface area contributed by atoms with Gasteiger partial charge in [-0.1, -0.05) is 12.2 Å². The molecule has 172 valence electrons. The first-order valence-electron chi connectivity index (χ1n) is 9.46. The second kappa shape index (κ2) is 9.69. The number of carbonyl (C=O) groups excluding carboxylic acids is 3. The van der Waals surface area contributed by atoms with E-state index in [-0.39, 0.29) is 18.8 Å². The largest absolute Gasteiger partial charge is 0.448 e. The van der Waals surface area contributed by atoms with Crippen molar-refractivity contribution in [3.05, 3.63) is 41.5 Å². The third-order valence-corrected chi connectivity index (χ3v) is 4.75. The summed E-state index contributed by atoms with van der Waals surface area (Å²) in [5, 5.41) is 11.9. The number of hydrogen-bond donors (Lipinski definition) is 2. The molecule has 0 saturated carbocycles. The van der Waals surface area contributed by atoms with Gasteiger partial charge in [0.15, 0.2) is 0 Å². The topological polar surface area (TPSA) is 129 Å². The van der Waals surface area contributed by atoms with Gasteiger partial charge in [0, 0.05) is 19.6 Å². The molecule has 4 amide bonds. The SMILES string of the molecule is CC1(C)C(=O)N(c2ccc(C#N)c(C(F)(F)F)c2)C(=O)N1CC=CCNCCOC(N)=O. The number of nitrogens with one attached hydrogen (secondary N) is 1. The number of hydrogen-bond acceptors (Lipinski definition) is 6. The molecule has 0 atom stereocenters. The number of halogens is 3. The van der Waals surface area contributed by atoms with Gasteiger partial charge in [0.1, 0.15) is 12.1 Å². The van der Waals surface area contributed by atoms with Crippen LogP contribution in [0.5, 0.6) is 0 Å². The van der Waals surface area contributed by atoms with E-state index in [1.165, 1.54) is 24.8 Å². The number of ether oxygens (including phenoxy) is 1. The van der Waals surface area contributed by atoms with Gasteiger partial charge < -0.3 is 20.7 Å². The highest BCUT2D eigenvalue weighted by atomic mass is 19.4. The Morgan fingerprint density at radius 2 is 2.00 bits per heavy atom. The fraction of sp³-hybridized carbons (Fsp3) is 0.400. The summed E-state index contributed by atoms with van der Waals surface area (Å²) in [6.07, 6.45) is -2.39. The molecule has 32 heavy (non-hydrogen) atoms. The molecule has 1 aliphatic heterocycles. The standard InChI is InChI=1S/C20H22F3N5O4/c1-19(2)16(29)28(14-6-5-13(12-24)15(11-14)20(21,22)23)18(31)27(19)9-4-3-7-26-8-10-32-17(25)30/h3-6,11,26H,7-10H2,1-2H3,(H2,25,30). The number of nitriles is 1. The molecular formula is C20H22F3N5O4. The number of nitrogens with two attached hydrogens (primary N) is 1. The van der Waals surface area contributed by atoms with E-state index in [9.17, 15) is 27.6 Å². The fourth-order valence-electron chi connectivity index (χ4n) is 3.05. The summed E-state index contributed by atoms with van der Waals surface area (Å²) in [4.78, 5) is 38.1. The van der Waals surface area contributed by atoms with Crippen molar-refractivity contribution in [2.75, 3.05) is 31.1 Å². The number of alkyl halides is 3. The zero-order valence-electron chi connectivity index (χ0n) is 17.4. The zero-order chi connectivity index (χ0) is 24.1. The van der Waals surface area contributed by atoms with Crippen molar-refractivity contribution in [3.63, 3.8) is 0 Å². The number of nitrogens with zero attached hydrogens (tertiary/aromatic N) is 3. The first-order chi connectivity index (χ1) is 14.9. The van der Waals surface area contributed by atoms with E-state index in [0.29, 0.717) is 24.1 Å². The number of primary amides is 1. The van der Waals surface area contributed by atoms with Crippen LogP contribution >= 0.6 is 0 Å². The number of rotatable bonds is 8. The average molecular weight is 453 g/mol. The molecule has 1 saturated heterocycles. The molecule has 9 nitrogen and oxygen atoms in total. The van der Waals surface area contributed by atoms with Crippen LogP contribution in [0.25, 0.3) is 0 Å². The minimum atomic E-state index is -4.82. The molecule has 1 heterocycles. The summed E-state index contributed by atoms with van der Waals surface area (Å²) in [6, 6.07) is 3.38. The van der Waals surface area contributed by atoms with Gasteiger partial charge in [-0.3, -0.25) is 4.79 Å². The lowest BCUT2D eigenvalue weighted by Crippen LogP contribution is -2.44. The number of carbonyl (C=O) groups is 3. The van der Waals surface area contributed by atoms with E-state index in [2.05, 4.69) is 10.1 Å². The lowest BCUT2D eigenvalue weighted by atomic mass is 10.0. The Morgan fingerprint density at radius 3 is 2.59 bits per heavy atom. The second-order valence-corrected chi connectivity index (χ2v) is 7.28. The van der Waals surface area contributed by atoms with Crippen molar-refractivity contribution in [1.29, 1.82) is 5.26 Å². The van der Waals surface area contributed by atoms with Gasteiger partial charge >= 0.3 is 18.3 Å². The van der Waals surface area contributed by atoms with Gasteiger partial charge in [0.05, 0.1) is 22.9 Å². The summed E-state index contributed by atoms with van der Waals surface area (Å²) < 4.78 is 44.4. The van der Waals surface area contributed by atoms with Crippen molar-refractivity contribution in [2.45, 2.75) is 25.6 Å². The van der Waals surface area contributed by atoms with Gasteiger partial charge in [-0.15, -0.1) is 0 Å². The number of urea groups is 1. The van der Waals surface area contributed by atoms with Crippen LogP contribution in [0.1, 0.15) is 25.0 Å². The summed E-state index contributed by atoms with van der Waals surface area (Å²) in [7, 11) is 0. The quantitative estimate of drug-likeness (QED) is 0.353. The number of amides is 4. The van der Waals surface area contributed by atoms with Gasteiger partial charge in [-0.2, -0.15) is 18.4 Å². The van der Waals surface area contributed by atoms with Gasteiger partial charge in [0.25, 0.3) is 5.91 Å². The van der Waals surface area contributed by atoms with E-state index in [4.69, 9.17) is 11.0 Å². The minimum absolute atomic E-state index is 0.0376. The maximum Gasteiger partial charge on any atom is 0.417 e. The monoisotopic (exact) mass is 453 g/mol. The molecule has 0 radical (unpaired) electrons. The highest BCUT2D eigenvalue weighted by Crippen LogP contribution is 2.37. The van der Waals surface area contributed by atoms with Gasteiger partial charge in [-0.05, 0) is 32.0 Å². The van der Waals surface area contributed by atoms with Crippen LogP contribution in [0.2, 0.25) is 0 Å². The minimum Gasteiger partial charge on any atom is -0.448 e. The van der Waals surface area contributed by atoms with Crippen LogP contribution in [0, 0.1) is 11.3 Å². The maximum absolute atomic E-state index is 13.3. The molecule has 0 bridgehead atoms. The molecule has 12 heteroatoms. The summed E-state index contributed by atoms with van der Waals surface area (Å²) >= 11 is 0. The van der Waals surface area contributed by atoms with Gasteiger partial charge in [0.2, 0.25) is 0 Å². The second-order valence-electron chi connectivity index (χ2n) is 7.28. The molecule has 1 aliphatic rings. The maximum atomic E-state index is 13.3. The number of imide groups is 1. The Bertz CT molecular complexity index is 969. The lowest BCUT2D eigenvalue weighted by molar-refractivity contribution is -0.137. The Hall–Kier alpha value is -3.59. The molecule has 0 aromatic heterocycles. The summed E-state index contributed by atoms with van der Waals surface area (Å²) in [6.45, 7) is 3.86. The van der Waals surface area contributed by atoms with E-state index in [1.54, 1.807) is 12.2 Å². The Morgan fingerprint density at radius 1 is 1.31 bits per heavy atom. The molecule has 1 fully saturated rings. The van der Waals surface area contributed by atoms with E-state index in [0.717, 1.165) is 12.1 Å². The van der Waals surface area contributed by atoms with Crippen molar-refractivity contribution in [1.82, 2.24) is 10.2 Å². The smallest absolute Gasteiger partial charge is 0.417 e. The van der Waals surface area contributed by atoms with Crippen LogP contribution in [-0.2, 0) is 15.7 Å². The van der Waals surface area contributed by atoms with Crippen LogP contribution < -0.4 is 16.0 Å². The normalized spacial score (nSPS) is 16.0.